The molecule has 1 aliphatic heterocycles. The average molecular weight is 275 g/mol. The van der Waals surface area contributed by atoms with Crippen LogP contribution in [-0.4, -0.2) is 40.0 Å². The Bertz CT molecular complexity index is 538. The van der Waals surface area contributed by atoms with Crippen molar-refractivity contribution in [2.45, 2.75) is 12.5 Å². The number of thiazole rings is 1. The first kappa shape index (κ1) is 12.1. The van der Waals surface area contributed by atoms with Crippen LogP contribution in [0, 0.1) is 0 Å². The second-order valence-electron chi connectivity index (χ2n) is 4.37. The average Bonchev–Trinajstić information content (AvgIpc) is 2.87. The van der Waals surface area contributed by atoms with Gasteiger partial charge in [0.25, 0.3) is 5.19 Å². The Kier molecular flexibility index (Phi) is 3.41. The Balaban J connectivity index is 1.47. The molecule has 1 fully saturated rings. The molecule has 0 spiro atoms. The highest BCUT2D eigenvalue weighted by molar-refractivity contribution is 7.11. The van der Waals surface area contributed by atoms with Crippen molar-refractivity contribution >= 4 is 17.2 Å². The molecule has 3 rings (SSSR count). The topological polar surface area (TPSA) is 55.3 Å². The third-order valence-electron chi connectivity index (χ3n) is 2.96. The van der Waals surface area contributed by atoms with E-state index in [0.717, 1.165) is 5.56 Å². The normalized spacial score (nSPS) is 15.1. The van der Waals surface area contributed by atoms with Gasteiger partial charge in [-0.2, -0.15) is 0 Å². The number of rotatable bonds is 4. The Morgan fingerprint density at radius 1 is 1.47 bits per heavy atom. The van der Waals surface area contributed by atoms with E-state index in [-0.39, 0.29) is 12.0 Å². The fourth-order valence-corrected chi connectivity index (χ4v) is 2.47. The molecule has 19 heavy (non-hydrogen) atoms. The van der Waals surface area contributed by atoms with E-state index in [4.69, 9.17) is 4.74 Å². The summed E-state index contributed by atoms with van der Waals surface area (Å²) in [7, 11) is 0. The predicted molar refractivity (Wildman–Crippen MR) is 71.1 cm³/mol. The lowest BCUT2D eigenvalue weighted by Gasteiger charge is -2.38. The Morgan fingerprint density at radius 2 is 2.37 bits per heavy atom. The van der Waals surface area contributed by atoms with Crippen LogP contribution < -0.4 is 4.74 Å². The van der Waals surface area contributed by atoms with Crippen molar-refractivity contribution in [1.82, 2.24) is 14.9 Å². The molecular formula is C13H13N3O2S. The second-order valence-corrected chi connectivity index (χ2v) is 5.23. The molecule has 98 valence electrons. The van der Waals surface area contributed by atoms with E-state index in [1.165, 1.54) is 11.3 Å². The molecule has 6 heteroatoms. The Morgan fingerprint density at radius 3 is 3.05 bits per heavy atom. The maximum absolute atomic E-state index is 12.0. The Labute approximate surface area is 114 Å². The molecule has 0 saturated carbocycles. The third-order valence-corrected chi connectivity index (χ3v) is 3.62. The van der Waals surface area contributed by atoms with Gasteiger partial charge in [-0.15, -0.1) is 0 Å². The summed E-state index contributed by atoms with van der Waals surface area (Å²) in [5, 5.41) is 2.55. The molecule has 1 amide bonds. The highest BCUT2D eigenvalue weighted by Gasteiger charge is 2.32. The maximum Gasteiger partial charge on any atom is 0.273 e. The monoisotopic (exact) mass is 275 g/mol. The molecule has 0 aliphatic carbocycles. The molecule has 1 aliphatic rings. The van der Waals surface area contributed by atoms with Gasteiger partial charge >= 0.3 is 0 Å². The van der Waals surface area contributed by atoms with Crippen LogP contribution in [0.4, 0.5) is 0 Å². The van der Waals surface area contributed by atoms with E-state index < -0.39 is 0 Å². The predicted octanol–water partition coefficient (Wildman–Crippen LogP) is 1.37. The standard InChI is InChI=1S/C13H13N3O2S/c17-12(6-10-2-1-3-14-7-10)16-8-11(9-16)18-13-15-4-5-19-13/h1-5,7,11H,6,8-9H2. The number of pyridine rings is 1. The van der Waals surface area contributed by atoms with E-state index in [2.05, 4.69) is 9.97 Å². The minimum atomic E-state index is 0.0731. The zero-order valence-electron chi connectivity index (χ0n) is 10.2. The van der Waals surface area contributed by atoms with E-state index >= 15 is 0 Å². The SMILES string of the molecule is O=C(Cc1cccnc1)N1CC(Oc2nccs2)C1. The summed E-state index contributed by atoms with van der Waals surface area (Å²) in [6.07, 6.45) is 5.61. The number of aromatic nitrogens is 2. The fraction of sp³-hybridized carbons (Fsp3) is 0.308. The molecule has 0 N–H and O–H groups in total. The molecule has 0 bridgehead atoms. The first-order valence-corrected chi connectivity index (χ1v) is 6.92. The van der Waals surface area contributed by atoms with Crippen LogP contribution >= 0.6 is 11.3 Å². The number of ether oxygens (including phenoxy) is 1. The largest absolute Gasteiger partial charge is 0.463 e. The zero-order valence-corrected chi connectivity index (χ0v) is 11.0. The van der Waals surface area contributed by atoms with Crippen molar-refractivity contribution in [3.63, 3.8) is 0 Å². The van der Waals surface area contributed by atoms with Gasteiger partial charge in [0, 0.05) is 24.0 Å². The number of likely N-dealkylation sites (tertiary alicyclic amines) is 1. The molecule has 2 aromatic heterocycles. The van der Waals surface area contributed by atoms with Crippen molar-refractivity contribution in [2.75, 3.05) is 13.1 Å². The summed E-state index contributed by atoms with van der Waals surface area (Å²) in [6.45, 7) is 1.28. The quantitative estimate of drug-likeness (QED) is 0.845. The molecular weight excluding hydrogens is 262 g/mol. The van der Waals surface area contributed by atoms with Gasteiger partial charge in [-0.1, -0.05) is 17.4 Å². The lowest BCUT2D eigenvalue weighted by molar-refractivity contribution is -0.139. The van der Waals surface area contributed by atoms with Crippen LogP contribution in [0.5, 0.6) is 5.19 Å². The third kappa shape index (κ3) is 2.90. The second kappa shape index (κ2) is 5.36. The summed E-state index contributed by atoms with van der Waals surface area (Å²) in [5.74, 6) is 0.118. The molecule has 3 heterocycles. The summed E-state index contributed by atoms with van der Waals surface area (Å²) < 4.78 is 5.62. The first-order valence-electron chi connectivity index (χ1n) is 6.04. The summed E-state index contributed by atoms with van der Waals surface area (Å²) >= 11 is 1.47. The minimum Gasteiger partial charge on any atom is -0.463 e. The number of nitrogens with zero attached hydrogens (tertiary/aromatic N) is 3. The van der Waals surface area contributed by atoms with Gasteiger partial charge in [-0.25, -0.2) is 4.98 Å². The fourth-order valence-electron chi connectivity index (χ4n) is 1.92. The van der Waals surface area contributed by atoms with Crippen LogP contribution in [-0.2, 0) is 11.2 Å². The van der Waals surface area contributed by atoms with E-state index in [9.17, 15) is 4.79 Å². The molecule has 2 aromatic rings. The van der Waals surface area contributed by atoms with E-state index in [1.807, 2.05) is 17.5 Å². The van der Waals surface area contributed by atoms with Crippen molar-refractivity contribution < 1.29 is 9.53 Å². The van der Waals surface area contributed by atoms with Gasteiger partial charge in [0.05, 0.1) is 19.5 Å². The number of hydrogen-bond acceptors (Lipinski definition) is 5. The van der Waals surface area contributed by atoms with E-state index in [1.54, 1.807) is 23.5 Å². The number of amides is 1. The number of hydrogen-bond donors (Lipinski definition) is 0. The van der Waals surface area contributed by atoms with Gasteiger partial charge in [0.15, 0.2) is 0 Å². The van der Waals surface area contributed by atoms with Crippen LogP contribution in [0.3, 0.4) is 0 Å². The van der Waals surface area contributed by atoms with Crippen LogP contribution in [0.15, 0.2) is 36.1 Å². The van der Waals surface area contributed by atoms with Gasteiger partial charge < -0.3 is 9.64 Å². The highest BCUT2D eigenvalue weighted by atomic mass is 32.1. The lowest BCUT2D eigenvalue weighted by Crippen LogP contribution is -2.56. The van der Waals surface area contributed by atoms with Crippen LogP contribution in [0.2, 0.25) is 0 Å². The zero-order chi connectivity index (χ0) is 13.1. The summed E-state index contributed by atoms with van der Waals surface area (Å²) in [4.78, 5) is 21.8. The Hall–Kier alpha value is -1.95. The van der Waals surface area contributed by atoms with Gasteiger partial charge in [-0.05, 0) is 11.6 Å². The van der Waals surface area contributed by atoms with Gasteiger partial charge in [0.2, 0.25) is 5.91 Å². The van der Waals surface area contributed by atoms with Crippen molar-refractivity contribution in [2.24, 2.45) is 0 Å². The van der Waals surface area contributed by atoms with E-state index in [0.29, 0.717) is 24.7 Å². The maximum atomic E-state index is 12.0. The number of carbonyl (C=O) groups is 1. The lowest BCUT2D eigenvalue weighted by atomic mass is 10.1. The number of carbonyl (C=O) groups excluding carboxylic acids is 1. The highest BCUT2D eigenvalue weighted by Crippen LogP contribution is 2.20. The molecule has 0 radical (unpaired) electrons. The molecule has 0 atom stereocenters. The molecule has 5 nitrogen and oxygen atoms in total. The first-order chi connectivity index (χ1) is 9.31. The van der Waals surface area contributed by atoms with Crippen molar-refractivity contribution in [3.8, 4) is 5.19 Å². The molecule has 0 unspecified atom stereocenters. The van der Waals surface area contributed by atoms with Gasteiger partial charge in [0.1, 0.15) is 6.10 Å². The molecule has 1 saturated heterocycles. The summed E-state index contributed by atoms with van der Waals surface area (Å²) in [5.41, 5.74) is 0.941. The van der Waals surface area contributed by atoms with Crippen molar-refractivity contribution in [3.05, 3.63) is 41.7 Å². The van der Waals surface area contributed by atoms with Crippen LogP contribution in [0.1, 0.15) is 5.56 Å². The van der Waals surface area contributed by atoms with Crippen LogP contribution in [0.25, 0.3) is 0 Å². The minimum absolute atomic E-state index is 0.0731. The molecule has 0 aromatic carbocycles. The van der Waals surface area contributed by atoms with Crippen molar-refractivity contribution in [1.29, 1.82) is 0 Å². The smallest absolute Gasteiger partial charge is 0.273 e. The van der Waals surface area contributed by atoms with Gasteiger partial charge in [-0.3, -0.25) is 9.78 Å². The summed E-state index contributed by atoms with van der Waals surface area (Å²) in [6, 6.07) is 3.75.